The summed E-state index contributed by atoms with van der Waals surface area (Å²) in [5.41, 5.74) is 1.63. The average molecular weight is 332 g/mol. The number of nitrogens with one attached hydrogen (secondary N) is 1. The lowest BCUT2D eigenvalue weighted by Gasteiger charge is -2.33. The molecule has 0 radical (unpaired) electrons. The zero-order valence-electron chi connectivity index (χ0n) is 14.5. The van der Waals surface area contributed by atoms with Crippen LogP contribution in [0, 0.1) is 0 Å². The molecule has 132 valence electrons. The molecule has 0 bridgehead atoms. The van der Waals surface area contributed by atoms with Gasteiger partial charge in [0, 0.05) is 32.4 Å². The van der Waals surface area contributed by atoms with E-state index in [9.17, 15) is 4.79 Å². The van der Waals surface area contributed by atoms with E-state index in [0.717, 1.165) is 50.2 Å². The molecule has 1 atom stereocenters. The maximum atomic E-state index is 12.7. The highest BCUT2D eigenvalue weighted by molar-refractivity contribution is 5.99. The second-order valence-electron chi connectivity index (χ2n) is 6.61. The molecule has 5 nitrogen and oxygen atoms in total. The van der Waals surface area contributed by atoms with Gasteiger partial charge in [0.05, 0.1) is 24.4 Å². The Balaban J connectivity index is 1.46. The first-order chi connectivity index (χ1) is 11.8. The molecule has 1 unspecified atom stereocenters. The van der Waals surface area contributed by atoms with Crippen molar-refractivity contribution in [1.82, 2.24) is 4.90 Å². The van der Waals surface area contributed by atoms with E-state index in [-0.39, 0.29) is 18.1 Å². The van der Waals surface area contributed by atoms with Crippen LogP contribution in [0.15, 0.2) is 24.3 Å². The van der Waals surface area contributed by atoms with Gasteiger partial charge in [-0.05, 0) is 44.2 Å². The van der Waals surface area contributed by atoms with Gasteiger partial charge < -0.3 is 19.7 Å². The van der Waals surface area contributed by atoms with Crippen LogP contribution in [0.25, 0.3) is 0 Å². The molecule has 2 heterocycles. The Morgan fingerprint density at radius 3 is 2.75 bits per heavy atom. The van der Waals surface area contributed by atoms with Crippen LogP contribution in [0.2, 0.25) is 0 Å². The van der Waals surface area contributed by atoms with Crippen molar-refractivity contribution in [3.63, 3.8) is 0 Å². The number of carbonyl (C=O) groups is 1. The number of ether oxygens (including phenoxy) is 2. The molecule has 0 aliphatic carbocycles. The summed E-state index contributed by atoms with van der Waals surface area (Å²) in [6.07, 6.45) is 5.84. The molecule has 1 aromatic rings. The maximum Gasteiger partial charge on any atom is 0.255 e. The van der Waals surface area contributed by atoms with Crippen LogP contribution >= 0.6 is 0 Å². The summed E-state index contributed by atoms with van der Waals surface area (Å²) in [6.45, 7) is 3.08. The molecule has 0 saturated carbocycles. The van der Waals surface area contributed by atoms with E-state index in [4.69, 9.17) is 9.47 Å². The Hall–Kier alpha value is -1.59. The molecule has 2 aliphatic heterocycles. The van der Waals surface area contributed by atoms with Crippen molar-refractivity contribution < 1.29 is 14.3 Å². The Bertz CT molecular complexity index is 535. The van der Waals surface area contributed by atoms with E-state index in [1.807, 2.05) is 36.2 Å². The number of piperidine rings is 1. The van der Waals surface area contributed by atoms with Crippen molar-refractivity contribution in [1.29, 1.82) is 0 Å². The normalized spacial score (nSPS) is 22.4. The number of carbonyl (C=O) groups excluding carboxylic acids is 1. The van der Waals surface area contributed by atoms with Gasteiger partial charge in [-0.25, -0.2) is 0 Å². The summed E-state index contributed by atoms with van der Waals surface area (Å²) in [6, 6.07) is 7.68. The van der Waals surface area contributed by atoms with E-state index >= 15 is 0 Å². The SMILES string of the molecule is CNc1ccccc1C(=O)N1CCC(OCC2CCCCO2)CC1. The van der Waals surface area contributed by atoms with E-state index in [0.29, 0.717) is 6.61 Å². The smallest absolute Gasteiger partial charge is 0.255 e. The van der Waals surface area contributed by atoms with Gasteiger partial charge >= 0.3 is 0 Å². The van der Waals surface area contributed by atoms with Gasteiger partial charge in [0.2, 0.25) is 0 Å². The molecule has 1 aromatic carbocycles. The van der Waals surface area contributed by atoms with E-state index in [1.165, 1.54) is 12.8 Å². The molecule has 24 heavy (non-hydrogen) atoms. The molecule has 5 heteroatoms. The predicted molar refractivity (Wildman–Crippen MR) is 94.5 cm³/mol. The summed E-state index contributed by atoms with van der Waals surface area (Å²) >= 11 is 0. The van der Waals surface area contributed by atoms with E-state index in [2.05, 4.69) is 5.32 Å². The summed E-state index contributed by atoms with van der Waals surface area (Å²) in [7, 11) is 1.85. The minimum absolute atomic E-state index is 0.106. The molecular formula is C19H28N2O3. The number of hydrogen-bond donors (Lipinski definition) is 1. The van der Waals surface area contributed by atoms with Gasteiger partial charge in [0.15, 0.2) is 0 Å². The number of amides is 1. The fourth-order valence-corrected chi connectivity index (χ4v) is 3.47. The molecule has 3 rings (SSSR count). The van der Waals surface area contributed by atoms with Crippen molar-refractivity contribution >= 4 is 11.6 Å². The second-order valence-corrected chi connectivity index (χ2v) is 6.61. The van der Waals surface area contributed by atoms with Crippen molar-refractivity contribution in [2.24, 2.45) is 0 Å². The third-order valence-electron chi connectivity index (χ3n) is 4.95. The Labute approximate surface area is 144 Å². The third-order valence-corrected chi connectivity index (χ3v) is 4.95. The molecule has 2 fully saturated rings. The van der Waals surface area contributed by atoms with Gasteiger partial charge in [-0.1, -0.05) is 12.1 Å². The third kappa shape index (κ3) is 4.28. The number of likely N-dealkylation sites (tertiary alicyclic amines) is 1. The van der Waals surface area contributed by atoms with Crippen LogP contribution in [0.4, 0.5) is 5.69 Å². The summed E-state index contributed by atoms with van der Waals surface area (Å²) in [5, 5.41) is 3.09. The van der Waals surface area contributed by atoms with Crippen LogP contribution in [0.3, 0.4) is 0 Å². The zero-order chi connectivity index (χ0) is 16.8. The van der Waals surface area contributed by atoms with E-state index < -0.39 is 0 Å². The zero-order valence-corrected chi connectivity index (χ0v) is 14.5. The fraction of sp³-hybridized carbons (Fsp3) is 0.632. The number of hydrogen-bond acceptors (Lipinski definition) is 4. The van der Waals surface area contributed by atoms with Crippen molar-refractivity contribution in [2.45, 2.75) is 44.3 Å². The van der Waals surface area contributed by atoms with Gasteiger partial charge in [-0.3, -0.25) is 4.79 Å². The molecule has 2 saturated heterocycles. The van der Waals surface area contributed by atoms with Gasteiger partial charge in [-0.15, -0.1) is 0 Å². The van der Waals surface area contributed by atoms with Crippen molar-refractivity contribution in [3.05, 3.63) is 29.8 Å². The molecular weight excluding hydrogens is 304 g/mol. The predicted octanol–water partition coefficient (Wildman–Crippen LogP) is 2.92. The van der Waals surface area contributed by atoms with Crippen LogP contribution in [-0.4, -0.2) is 56.4 Å². The first kappa shape index (κ1) is 17.2. The minimum atomic E-state index is 0.106. The monoisotopic (exact) mass is 332 g/mol. The number of benzene rings is 1. The quantitative estimate of drug-likeness (QED) is 0.901. The van der Waals surface area contributed by atoms with Crippen molar-refractivity contribution in [2.75, 3.05) is 38.7 Å². The van der Waals surface area contributed by atoms with E-state index in [1.54, 1.807) is 0 Å². The fourth-order valence-electron chi connectivity index (χ4n) is 3.47. The first-order valence-electron chi connectivity index (χ1n) is 9.07. The molecule has 1 N–H and O–H groups in total. The standard InChI is InChI=1S/C19H28N2O3/c1-20-18-8-3-2-7-17(18)19(22)21-11-9-15(10-12-21)24-14-16-6-4-5-13-23-16/h2-3,7-8,15-16,20H,4-6,9-14H2,1H3. The minimum Gasteiger partial charge on any atom is -0.387 e. The lowest BCUT2D eigenvalue weighted by Crippen LogP contribution is -2.41. The lowest BCUT2D eigenvalue weighted by molar-refractivity contribution is -0.0733. The van der Waals surface area contributed by atoms with Gasteiger partial charge in [0.1, 0.15) is 0 Å². The summed E-state index contributed by atoms with van der Waals surface area (Å²) < 4.78 is 11.7. The van der Waals surface area contributed by atoms with Crippen molar-refractivity contribution in [3.8, 4) is 0 Å². The summed E-state index contributed by atoms with van der Waals surface area (Å²) in [4.78, 5) is 14.7. The first-order valence-corrected chi connectivity index (χ1v) is 9.07. The van der Waals surface area contributed by atoms with Gasteiger partial charge in [-0.2, -0.15) is 0 Å². The number of anilines is 1. The average Bonchev–Trinajstić information content (AvgIpc) is 2.67. The van der Waals surface area contributed by atoms with Gasteiger partial charge in [0.25, 0.3) is 5.91 Å². The Kier molecular flexibility index (Phi) is 6.10. The molecule has 1 amide bonds. The molecule has 2 aliphatic rings. The summed E-state index contributed by atoms with van der Waals surface area (Å²) in [5.74, 6) is 0.106. The maximum absolute atomic E-state index is 12.7. The number of para-hydroxylation sites is 1. The largest absolute Gasteiger partial charge is 0.387 e. The highest BCUT2D eigenvalue weighted by Gasteiger charge is 2.26. The Morgan fingerprint density at radius 2 is 2.04 bits per heavy atom. The highest BCUT2D eigenvalue weighted by atomic mass is 16.5. The topological polar surface area (TPSA) is 50.8 Å². The second kappa shape index (κ2) is 8.49. The van der Waals surface area contributed by atoms with Crippen LogP contribution in [0.1, 0.15) is 42.5 Å². The number of rotatable bonds is 5. The molecule has 0 spiro atoms. The Morgan fingerprint density at radius 1 is 1.25 bits per heavy atom. The highest BCUT2D eigenvalue weighted by Crippen LogP contribution is 2.21. The van der Waals surface area contributed by atoms with Crippen LogP contribution in [0.5, 0.6) is 0 Å². The molecule has 0 aromatic heterocycles. The van der Waals surface area contributed by atoms with Crippen LogP contribution < -0.4 is 5.32 Å². The lowest BCUT2D eigenvalue weighted by atomic mass is 10.0. The van der Waals surface area contributed by atoms with Crippen LogP contribution in [-0.2, 0) is 9.47 Å². The number of nitrogens with zero attached hydrogens (tertiary/aromatic N) is 1.